The zero-order chi connectivity index (χ0) is 25.1. The molecule has 1 N–H and O–H groups in total. The number of amides is 1. The highest BCUT2D eigenvalue weighted by Crippen LogP contribution is 2.37. The zero-order valence-corrected chi connectivity index (χ0v) is 21.4. The maximum Gasteiger partial charge on any atom is 0.341 e. The first kappa shape index (κ1) is 24.5. The van der Waals surface area contributed by atoms with E-state index in [1.165, 1.54) is 16.9 Å². The number of hydrogen-bond donors (Lipinski definition) is 1. The van der Waals surface area contributed by atoms with Gasteiger partial charge in [-0.05, 0) is 48.6 Å². The fourth-order valence-corrected chi connectivity index (χ4v) is 5.31. The Morgan fingerprint density at radius 1 is 1.17 bits per heavy atom. The van der Waals surface area contributed by atoms with Crippen molar-refractivity contribution in [3.05, 3.63) is 89.0 Å². The number of aryl methyl sites for hydroxylation is 1. The van der Waals surface area contributed by atoms with Crippen molar-refractivity contribution in [3.63, 3.8) is 0 Å². The predicted octanol–water partition coefficient (Wildman–Crippen LogP) is 7.42. The maximum atomic E-state index is 13.7. The minimum absolute atomic E-state index is 0.251. The van der Waals surface area contributed by atoms with Gasteiger partial charge in [0, 0.05) is 28.4 Å². The summed E-state index contributed by atoms with van der Waals surface area (Å²) in [5.41, 5.74) is 5.68. The average molecular weight is 487 g/mol. The summed E-state index contributed by atoms with van der Waals surface area (Å²) in [5.74, 6) is -0.333. The number of nitrogens with zero attached hydrogens (tertiary/aromatic N) is 1. The molecule has 0 aliphatic carbocycles. The standard InChI is InChI=1S/C29H30N2O3S/c1-6-15-31-24-14-13-21(18(3)4)16-22(24)19(5)26(31)27(32)30-28-25(29(33)34-7-2)23(17-35-28)20-11-9-8-10-12-20/h6,8-14,16-18H,1,7,15H2,2-5H3,(H,30,32). The van der Waals surface area contributed by atoms with Crippen molar-refractivity contribution in [1.82, 2.24) is 4.57 Å². The molecule has 0 unspecified atom stereocenters. The van der Waals surface area contributed by atoms with Gasteiger partial charge in [-0.25, -0.2) is 4.79 Å². The molecule has 0 saturated carbocycles. The van der Waals surface area contributed by atoms with E-state index in [9.17, 15) is 9.59 Å². The van der Waals surface area contributed by atoms with Crippen molar-refractivity contribution in [1.29, 1.82) is 0 Å². The van der Waals surface area contributed by atoms with Crippen LogP contribution in [0.3, 0.4) is 0 Å². The van der Waals surface area contributed by atoms with Crippen LogP contribution in [-0.2, 0) is 11.3 Å². The zero-order valence-electron chi connectivity index (χ0n) is 20.6. The molecule has 6 heteroatoms. The monoisotopic (exact) mass is 486 g/mol. The van der Waals surface area contributed by atoms with Gasteiger partial charge in [0.2, 0.25) is 0 Å². The fraction of sp³-hybridized carbons (Fsp3) is 0.241. The molecule has 0 atom stereocenters. The Hall–Kier alpha value is -3.64. The van der Waals surface area contributed by atoms with Crippen LogP contribution in [0.5, 0.6) is 0 Å². The van der Waals surface area contributed by atoms with Gasteiger partial charge in [0.1, 0.15) is 16.3 Å². The Labute approximate surface area is 210 Å². The summed E-state index contributed by atoms with van der Waals surface area (Å²) < 4.78 is 7.32. The normalized spacial score (nSPS) is 11.1. The van der Waals surface area contributed by atoms with Crippen molar-refractivity contribution in [2.24, 2.45) is 0 Å². The second-order valence-corrected chi connectivity index (χ2v) is 9.58. The van der Waals surface area contributed by atoms with Gasteiger partial charge >= 0.3 is 5.97 Å². The molecule has 2 aromatic carbocycles. The van der Waals surface area contributed by atoms with Crippen LogP contribution >= 0.6 is 11.3 Å². The third kappa shape index (κ3) is 4.66. The largest absolute Gasteiger partial charge is 0.462 e. The molecular formula is C29H30N2O3S. The highest BCUT2D eigenvalue weighted by Gasteiger charge is 2.26. The number of carbonyl (C=O) groups is 2. The van der Waals surface area contributed by atoms with E-state index >= 15 is 0 Å². The summed E-state index contributed by atoms with van der Waals surface area (Å²) in [6.45, 7) is 12.7. The number of hydrogen-bond acceptors (Lipinski definition) is 4. The lowest BCUT2D eigenvalue weighted by atomic mass is 10.0. The quantitative estimate of drug-likeness (QED) is 0.208. The Morgan fingerprint density at radius 2 is 1.91 bits per heavy atom. The number of nitrogens with one attached hydrogen (secondary N) is 1. The molecule has 35 heavy (non-hydrogen) atoms. The summed E-state index contributed by atoms with van der Waals surface area (Å²) >= 11 is 1.32. The first-order chi connectivity index (χ1) is 16.9. The van der Waals surface area contributed by atoms with Crippen LogP contribution in [-0.4, -0.2) is 23.1 Å². The van der Waals surface area contributed by atoms with E-state index in [-0.39, 0.29) is 12.5 Å². The summed E-state index contributed by atoms with van der Waals surface area (Å²) in [6, 6.07) is 16.0. The van der Waals surface area contributed by atoms with Gasteiger partial charge in [0.15, 0.2) is 0 Å². The van der Waals surface area contributed by atoms with Crippen molar-refractivity contribution in [3.8, 4) is 11.1 Å². The number of rotatable bonds is 8. The Morgan fingerprint density at radius 3 is 2.57 bits per heavy atom. The molecule has 0 spiro atoms. The van der Waals surface area contributed by atoms with Crippen LogP contribution in [0.1, 0.15) is 58.7 Å². The smallest absolute Gasteiger partial charge is 0.341 e. The molecule has 0 aliphatic rings. The van der Waals surface area contributed by atoms with Crippen LogP contribution in [0.25, 0.3) is 22.0 Å². The number of fused-ring (bicyclic) bond motifs is 1. The van der Waals surface area contributed by atoms with E-state index in [0.29, 0.717) is 28.7 Å². The van der Waals surface area contributed by atoms with Crippen molar-refractivity contribution < 1.29 is 14.3 Å². The van der Waals surface area contributed by atoms with Crippen molar-refractivity contribution in [2.75, 3.05) is 11.9 Å². The first-order valence-corrected chi connectivity index (χ1v) is 12.6. The van der Waals surface area contributed by atoms with E-state index in [1.807, 2.05) is 47.2 Å². The Kier molecular flexibility index (Phi) is 7.22. The highest BCUT2D eigenvalue weighted by atomic mass is 32.1. The van der Waals surface area contributed by atoms with Gasteiger partial charge in [-0.2, -0.15) is 0 Å². The Bertz CT molecular complexity index is 1400. The van der Waals surface area contributed by atoms with Crippen molar-refractivity contribution in [2.45, 2.75) is 40.2 Å². The van der Waals surface area contributed by atoms with Gasteiger partial charge in [-0.1, -0.05) is 56.3 Å². The number of esters is 1. The summed E-state index contributed by atoms with van der Waals surface area (Å²) in [6.07, 6.45) is 1.79. The molecule has 0 saturated heterocycles. The Balaban J connectivity index is 1.80. The number of aromatic nitrogens is 1. The predicted molar refractivity (Wildman–Crippen MR) is 145 cm³/mol. The topological polar surface area (TPSA) is 60.3 Å². The molecule has 4 rings (SSSR count). The van der Waals surface area contributed by atoms with E-state index in [4.69, 9.17) is 4.74 Å². The van der Waals surface area contributed by atoms with Gasteiger partial charge < -0.3 is 14.6 Å². The third-order valence-corrected chi connectivity index (χ3v) is 7.01. The van der Waals surface area contributed by atoms with E-state index in [0.717, 1.165) is 27.6 Å². The molecule has 2 heterocycles. The molecule has 2 aromatic heterocycles. The molecule has 0 radical (unpaired) electrons. The molecular weight excluding hydrogens is 456 g/mol. The maximum absolute atomic E-state index is 13.7. The number of carbonyl (C=O) groups excluding carboxylic acids is 2. The van der Waals surface area contributed by atoms with Crippen LogP contribution in [0.4, 0.5) is 5.00 Å². The number of benzene rings is 2. The number of ether oxygens (including phenoxy) is 1. The summed E-state index contributed by atoms with van der Waals surface area (Å²) in [7, 11) is 0. The molecule has 1 amide bonds. The fourth-order valence-electron chi connectivity index (χ4n) is 4.36. The van der Waals surface area contributed by atoms with Crippen molar-refractivity contribution >= 4 is 39.1 Å². The van der Waals surface area contributed by atoms with E-state index in [2.05, 4.69) is 43.9 Å². The lowest BCUT2D eigenvalue weighted by Gasteiger charge is -2.11. The molecule has 0 fully saturated rings. The second-order valence-electron chi connectivity index (χ2n) is 8.70. The van der Waals surface area contributed by atoms with Crippen LogP contribution in [0.2, 0.25) is 0 Å². The van der Waals surface area contributed by atoms with E-state index in [1.54, 1.807) is 13.0 Å². The van der Waals surface area contributed by atoms with Gasteiger partial charge in [-0.15, -0.1) is 17.9 Å². The minimum Gasteiger partial charge on any atom is -0.462 e. The number of thiophene rings is 1. The van der Waals surface area contributed by atoms with Gasteiger partial charge in [0.25, 0.3) is 5.91 Å². The molecule has 0 bridgehead atoms. The average Bonchev–Trinajstić information content (AvgIpc) is 3.38. The lowest BCUT2D eigenvalue weighted by molar-refractivity contribution is 0.0529. The molecule has 5 nitrogen and oxygen atoms in total. The molecule has 4 aromatic rings. The van der Waals surface area contributed by atoms with E-state index < -0.39 is 5.97 Å². The summed E-state index contributed by atoms with van der Waals surface area (Å²) in [4.78, 5) is 26.6. The summed E-state index contributed by atoms with van der Waals surface area (Å²) in [5, 5.41) is 6.43. The van der Waals surface area contributed by atoms with Crippen LogP contribution in [0.15, 0.2) is 66.6 Å². The SMILES string of the molecule is C=CCn1c(C(=O)Nc2scc(-c3ccccc3)c2C(=O)OCC)c(C)c2cc(C(C)C)ccc21. The minimum atomic E-state index is -0.451. The highest BCUT2D eigenvalue weighted by molar-refractivity contribution is 7.15. The van der Waals surface area contributed by atoms with Gasteiger partial charge in [-0.3, -0.25) is 4.79 Å². The third-order valence-electron chi connectivity index (χ3n) is 6.12. The van der Waals surface area contributed by atoms with Crippen LogP contribution in [0, 0.1) is 6.92 Å². The molecule has 180 valence electrons. The van der Waals surface area contributed by atoms with Gasteiger partial charge in [0.05, 0.1) is 6.61 Å². The molecule has 0 aliphatic heterocycles. The first-order valence-electron chi connectivity index (χ1n) is 11.8. The van der Waals surface area contributed by atoms with Crippen LogP contribution < -0.4 is 5.32 Å². The lowest BCUT2D eigenvalue weighted by Crippen LogP contribution is -2.19. The second kappa shape index (κ2) is 10.3. The number of anilines is 1. The number of allylic oxidation sites excluding steroid dienone is 1.